The van der Waals surface area contributed by atoms with E-state index in [9.17, 15) is 18.8 Å². The predicted molar refractivity (Wildman–Crippen MR) is 144 cm³/mol. The number of fused-ring (bicyclic) bond motifs is 1. The number of carbonyl (C=O) groups excluding carboxylic acids is 3. The van der Waals surface area contributed by atoms with Crippen LogP contribution in [0, 0.1) is 11.7 Å². The lowest BCUT2D eigenvalue weighted by molar-refractivity contribution is -0.141. The number of benzene rings is 1. The molecule has 4 rings (SSSR count). The molecule has 1 saturated carbocycles. The molecule has 39 heavy (non-hydrogen) atoms. The molecule has 0 spiro atoms. The topological polar surface area (TPSA) is 113 Å². The second-order valence-electron chi connectivity index (χ2n) is 10.5. The molecule has 1 fully saturated rings. The van der Waals surface area contributed by atoms with E-state index in [2.05, 4.69) is 20.9 Å². The SMILES string of the molecule is C[C@@H]1CN[C@@H](C2CC2)C(=O)N(C)[C@H](C)C(=O)N[C@H](Cc2ccc(F)cc2)C(=O)NCCCc2ncccc2O1. The van der Waals surface area contributed by atoms with Crippen LogP contribution in [0.3, 0.4) is 0 Å². The minimum absolute atomic E-state index is 0.171. The number of nitrogens with zero attached hydrogens (tertiary/aromatic N) is 2. The summed E-state index contributed by atoms with van der Waals surface area (Å²) < 4.78 is 19.6. The van der Waals surface area contributed by atoms with Crippen molar-refractivity contribution in [2.45, 2.75) is 70.2 Å². The number of ether oxygens (including phenoxy) is 1. The molecule has 0 unspecified atom stereocenters. The van der Waals surface area contributed by atoms with E-state index < -0.39 is 24.0 Å². The first-order chi connectivity index (χ1) is 18.7. The third-order valence-corrected chi connectivity index (χ3v) is 7.34. The summed E-state index contributed by atoms with van der Waals surface area (Å²) in [5.41, 5.74) is 1.50. The zero-order chi connectivity index (χ0) is 27.9. The van der Waals surface area contributed by atoms with E-state index in [-0.39, 0.29) is 36.1 Å². The van der Waals surface area contributed by atoms with E-state index in [0.29, 0.717) is 37.2 Å². The average molecular weight is 540 g/mol. The number of hydrogen-bond donors (Lipinski definition) is 3. The summed E-state index contributed by atoms with van der Waals surface area (Å²) >= 11 is 0. The van der Waals surface area contributed by atoms with Gasteiger partial charge in [0.25, 0.3) is 0 Å². The molecule has 0 radical (unpaired) electrons. The summed E-state index contributed by atoms with van der Waals surface area (Å²) in [6, 6.07) is 7.42. The van der Waals surface area contributed by atoms with Gasteiger partial charge in [0.1, 0.15) is 29.8 Å². The first-order valence-electron chi connectivity index (χ1n) is 13.7. The van der Waals surface area contributed by atoms with Gasteiger partial charge < -0.3 is 25.6 Å². The van der Waals surface area contributed by atoms with Crippen molar-refractivity contribution < 1.29 is 23.5 Å². The summed E-state index contributed by atoms with van der Waals surface area (Å²) in [4.78, 5) is 45.8. The highest BCUT2D eigenvalue weighted by Crippen LogP contribution is 2.33. The van der Waals surface area contributed by atoms with Gasteiger partial charge in [-0.15, -0.1) is 0 Å². The lowest BCUT2D eigenvalue weighted by Gasteiger charge is -2.31. The van der Waals surface area contributed by atoms with E-state index in [1.807, 2.05) is 19.1 Å². The maximum atomic E-state index is 13.5. The molecule has 2 aliphatic rings. The molecule has 4 atom stereocenters. The Morgan fingerprint density at radius 1 is 1.08 bits per heavy atom. The molecule has 210 valence electrons. The molecule has 3 N–H and O–H groups in total. The van der Waals surface area contributed by atoms with Gasteiger partial charge in [-0.1, -0.05) is 12.1 Å². The van der Waals surface area contributed by atoms with Crippen molar-refractivity contribution in [3.05, 3.63) is 59.7 Å². The smallest absolute Gasteiger partial charge is 0.243 e. The predicted octanol–water partition coefficient (Wildman–Crippen LogP) is 1.99. The van der Waals surface area contributed by atoms with Crippen LogP contribution >= 0.6 is 0 Å². The van der Waals surface area contributed by atoms with Gasteiger partial charge in [0.2, 0.25) is 17.7 Å². The van der Waals surface area contributed by atoms with Crippen molar-refractivity contribution in [3.8, 4) is 5.75 Å². The molecule has 2 heterocycles. The zero-order valence-corrected chi connectivity index (χ0v) is 22.8. The molecule has 1 aliphatic heterocycles. The van der Waals surface area contributed by atoms with Gasteiger partial charge in [-0.05, 0) is 75.3 Å². The number of aryl methyl sites for hydroxylation is 1. The highest BCUT2D eigenvalue weighted by atomic mass is 19.1. The number of amides is 3. The minimum atomic E-state index is -0.889. The number of rotatable bonds is 3. The first-order valence-corrected chi connectivity index (χ1v) is 13.7. The van der Waals surface area contributed by atoms with Crippen LogP contribution in [0.2, 0.25) is 0 Å². The van der Waals surface area contributed by atoms with Gasteiger partial charge in [-0.2, -0.15) is 0 Å². The number of nitrogens with one attached hydrogen (secondary N) is 3. The molecule has 10 heteroatoms. The van der Waals surface area contributed by atoms with Crippen LogP contribution in [0.25, 0.3) is 0 Å². The Bertz CT molecular complexity index is 1160. The van der Waals surface area contributed by atoms with Gasteiger partial charge in [0, 0.05) is 32.8 Å². The monoisotopic (exact) mass is 539 g/mol. The van der Waals surface area contributed by atoms with Crippen molar-refractivity contribution in [2.75, 3.05) is 20.1 Å². The van der Waals surface area contributed by atoms with Crippen molar-refractivity contribution in [2.24, 2.45) is 5.92 Å². The van der Waals surface area contributed by atoms with Gasteiger partial charge in [0.15, 0.2) is 0 Å². The molecular weight excluding hydrogens is 501 g/mol. The molecule has 1 aromatic heterocycles. The van der Waals surface area contributed by atoms with Gasteiger partial charge in [-0.25, -0.2) is 4.39 Å². The summed E-state index contributed by atoms with van der Waals surface area (Å²) in [6.45, 7) is 4.43. The largest absolute Gasteiger partial charge is 0.487 e. The van der Waals surface area contributed by atoms with Crippen molar-refractivity contribution >= 4 is 17.7 Å². The molecule has 2 aromatic rings. The number of pyridine rings is 1. The molecule has 1 aliphatic carbocycles. The highest BCUT2D eigenvalue weighted by molar-refractivity contribution is 5.93. The van der Waals surface area contributed by atoms with Crippen LogP contribution in [-0.4, -0.2) is 72.0 Å². The van der Waals surface area contributed by atoms with Crippen molar-refractivity contribution in [1.82, 2.24) is 25.8 Å². The quantitative estimate of drug-likeness (QED) is 0.550. The maximum absolute atomic E-state index is 13.5. The number of aromatic nitrogens is 1. The normalized spacial score (nSPS) is 25.9. The number of carbonyl (C=O) groups is 3. The van der Waals surface area contributed by atoms with Crippen LogP contribution in [0.15, 0.2) is 42.6 Å². The second-order valence-corrected chi connectivity index (χ2v) is 10.5. The number of hydrogen-bond acceptors (Lipinski definition) is 6. The van der Waals surface area contributed by atoms with E-state index in [1.54, 1.807) is 32.3 Å². The van der Waals surface area contributed by atoms with E-state index in [0.717, 1.165) is 18.5 Å². The fourth-order valence-electron chi connectivity index (χ4n) is 4.69. The number of likely N-dealkylation sites (N-methyl/N-ethyl adjacent to an activating group) is 1. The Balaban J connectivity index is 1.56. The van der Waals surface area contributed by atoms with Crippen LogP contribution in [0.5, 0.6) is 5.75 Å². The molecule has 1 aromatic carbocycles. The van der Waals surface area contributed by atoms with Crippen LogP contribution in [0.4, 0.5) is 4.39 Å². The van der Waals surface area contributed by atoms with Gasteiger partial charge in [0.05, 0.1) is 11.7 Å². The van der Waals surface area contributed by atoms with E-state index in [4.69, 9.17) is 4.74 Å². The maximum Gasteiger partial charge on any atom is 0.243 e. The molecular formula is C29H38FN5O4. The lowest BCUT2D eigenvalue weighted by atomic mass is 10.0. The average Bonchev–Trinajstić information content (AvgIpc) is 3.76. The second kappa shape index (κ2) is 13.0. The fraction of sp³-hybridized carbons (Fsp3) is 0.517. The van der Waals surface area contributed by atoms with Crippen molar-refractivity contribution in [3.63, 3.8) is 0 Å². The standard InChI is InChI=1S/C29H38FN5O4/c1-18-17-33-26(21-10-11-21)29(38)35(3)19(2)27(36)34-24(16-20-8-12-22(30)13-9-20)28(37)32-15-4-6-23-25(39-18)7-5-14-31-23/h5,7-9,12-14,18-19,21,24,26,33H,4,6,10-11,15-17H2,1-3H3,(H,32,37)(H,34,36)/t18-,19-,24-,26+/m1/s1. The summed E-state index contributed by atoms with van der Waals surface area (Å²) in [5.74, 6) is -0.441. The number of halogens is 1. The van der Waals surface area contributed by atoms with E-state index in [1.165, 1.54) is 17.0 Å². The highest BCUT2D eigenvalue weighted by Gasteiger charge is 2.39. The molecule has 9 nitrogen and oxygen atoms in total. The summed E-state index contributed by atoms with van der Waals surface area (Å²) in [5, 5.41) is 9.10. The van der Waals surface area contributed by atoms with Gasteiger partial charge in [-0.3, -0.25) is 19.4 Å². The Morgan fingerprint density at radius 2 is 1.82 bits per heavy atom. The third kappa shape index (κ3) is 7.75. The molecule has 0 saturated heterocycles. The van der Waals surface area contributed by atoms with Crippen molar-refractivity contribution in [1.29, 1.82) is 0 Å². The fourth-order valence-corrected chi connectivity index (χ4v) is 4.69. The molecule has 0 bridgehead atoms. The Hall–Kier alpha value is -3.53. The molecule has 3 amide bonds. The Morgan fingerprint density at radius 3 is 2.54 bits per heavy atom. The van der Waals surface area contributed by atoms with Crippen LogP contribution < -0.4 is 20.7 Å². The first kappa shape index (κ1) is 28.5. The van der Waals surface area contributed by atoms with Crippen LogP contribution in [0.1, 0.15) is 44.4 Å². The summed E-state index contributed by atoms with van der Waals surface area (Å²) in [7, 11) is 1.61. The van der Waals surface area contributed by atoms with Gasteiger partial charge >= 0.3 is 0 Å². The van der Waals surface area contributed by atoms with Crippen LogP contribution in [-0.2, 0) is 27.2 Å². The summed E-state index contributed by atoms with van der Waals surface area (Å²) in [6.07, 6.45) is 4.79. The van der Waals surface area contributed by atoms with E-state index >= 15 is 0 Å². The Kier molecular flexibility index (Phi) is 9.50. The Labute approximate surface area is 228 Å². The third-order valence-electron chi connectivity index (χ3n) is 7.34. The minimum Gasteiger partial charge on any atom is -0.487 e. The zero-order valence-electron chi connectivity index (χ0n) is 22.8. The lowest BCUT2D eigenvalue weighted by Crippen LogP contribution is -2.57.